The van der Waals surface area contributed by atoms with E-state index in [0.29, 0.717) is 42.5 Å². The SMILES string of the molecule is CN(C)C(=O)Cn1cc(C(=O)N2CCN(c3ccccc3F)CC2)c2ccc(Cl)cc21. The molecule has 0 bridgehead atoms. The zero-order valence-corrected chi connectivity index (χ0v) is 18.3. The first kappa shape index (κ1) is 21.2. The van der Waals surface area contributed by atoms with Gasteiger partial charge in [-0.3, -0.25) is 9.59 Å². The second kappa shape index (κ2) is 8.59. The summed E-state index contributed by atoms with van der Waals surface area (Å²) in [5, 5.41) is 1.30. The van der Waals surface area contributed by atoms with Crippen molar-refractivity contribution < 1.29 is 14.0 Å². The Morgan fingerprint density at radius 2 is 1.77 bits per heavy atom. The molecule has 0 N–H and O–H groups in total. The average Bonchev–Trinajstić information content (AvgIpc) is 3.11. The molecule has 0 unspecified atom stereocenters. The van der Waals surface area contributed by atoms with Crippen molar-refractivity contribution in [3.8, 4) is 0 Å². The van der Waals surface area contributed by atoms with Gasteiger partial charge in [-0.1, -0.05) is 29.8 Å². The van der Waals surface area contributed by atoms with Gasteiger partial charge in [0.05, 0.1) is 16.8 Å². The Bertz CT molecular complexity index is 1140. The van der Waals surface area contributed by atoms with Gasteiger partial charge in [-0.2, -0.15) is 0 Å². The number of carbonyl (C=O) groups is 2. The van der Waals surface area contributed by atoms with Crippen LogP contribution >= 0.6 is 11.6 Å². The summed E-state index contributed by atoms with van der Waals surface area (Å²) >= 11 is 6.17. The minimum absolute atomic E-state index is 0.0747. The molecular formula is C23H24ClFN4O2. The highest BCUT2D eigenvalue weighted by atomic mass is 35.5. The van der Waals surface area contributed by atoms with Crippen molar-refractivity contribution in [1.29, 1.82) is 0 Å². The fraction of sp³-hybridized carbons (Fsp3) is 0.304. The maximum atomic E-state index is 14.1. The van der Waals surface area contributed by atoms with Crippen molar-refractivity contribution in [2.24, 2.45) is 0 Å². The lowest BCUT2D eigenvalue weighted by molar-refractivity contribution is -0.129. The first-order valence-electron chi connectivity index (χ1n) is 10.1. The highest BCUT2D eigenvalue weighted by Crippen LogP contribution is 2.27. The van der Waals surface area contributed by atoms with Crippen LogP contribution in [0.15, 0.2) is 48.7 Å². The fourth-order valence-electron chi connectivity index (χ4n) is 3.88. The van der Waals surface area contributed by atoms with Crippen LogP contribution in [0, 0.1) is 5.82 Å². The molecule has 1 fully saturated rings. The van der Waals surface area contributed by atoms with E-state index in [1.165, 1.54) is 11.0 Å². The molecule has 1 saturated heterocycles. The van der Waals surface area contributed by atoms with E-state index in [0.717, 1.165) is 10.9 Å². The lowest BCUT2D eigenvalue weighted by Gasteiger charge is -2.36. The Kier molecular flexibility index (Phi) is 5.87. The molecule has 6 nitrogen and oxygen atoms in total. The third-order valence-electron chi connectivity index (χ3n) is 5.64. The van der Waals surface area contributed by atoms with E-state index in [4.69, 9.17) is 11.6 Å². The van der Waals surface area contributed by atoms with Crippen LogP contribution in [0.25, 0.3) is 10.9 Å². The molecule has 31 heavy (non-hydrogen) atoms. The van der Waals surface area contributed by atoms with Gasteiger partial charge in [0.15, 0.2) is 0 Å². The molecule has 0 aliphatic carbocycles. The van der Waals surface area contributed by atoms with E-state index < -0.39 is 0 Å². The number of nitrogens with zero attached hydrogens (tertiary/aromatic N) is 4. The summed E-state index contributed by atoms with van der Waals surface area (Å²) in [6, 6.07) is 12.0. The molecule has 2 heterocycles. The molecule has 0 atom stereocenters. The smallest absolute Gasteiger partial charge is 0.256 e. The molecule has 0 saturated carbocycles. The number of hydrogen-bond donors (Lipinski definition) is 0. The van der Waals surface area contributed by atoms with Crippen molar-refractivity contribution >= 4 is 40.0 Å². The maximum absolute atomic E-state index is 14.1. The van der Waals surface area contributed by atoms with E-state index in [1.54, 1.807) is 54.0 Å². The molecule has 162 valence electrons. The number of para-hydroxylation sites is 1. The highest BCUT2D eigenvalue weighted by Gasteiger charge is 2.26. The van der Waals surface area contributed by atoms with Crippen LogP contribution in [0.3, 0.4) is 0 Å². The van der Waals surface area contributed by atoms with Crippen LogP contribution in [0.2, 0.25) is 5.02 Å². The van der Waals surface area contributed by atoms with Crippen LogP contribution in [0.5, 0.6) is 0 Å². The van der Waals surface area contributed by atoms with E-state index in [9.17, 15) is 14.0 Å². The number of amides is 2. The lowest BCUT2D eigenvalue weighted by atomic mass is 10.1. The van der Waals surface area contributed by atoms with Gasteiger partial charge < -0.3 is 19.3 Å². The van der Waals surface area contributed by atoms with Gasteiger partial charge in [-0.05, 0) is 24.3 Å². The number of halogens is 2. The molecule has 1 aromatic heterocycles. The molecule has 4 rings (SSSR count). The summed E-state index contributed by atoms with van der Waals surface area (Å²) in [4.78, 5) is 30.8. The molecule has 8 heteroatoms. The molecule has 2 amide bonds. The molecule has 3 aromatic rings. The summed E-state index contributed by atoms with van der Waals surface area (Å²) in [5.74, 6) is -0.432. The quantitative estimate of drug-likeness (QED) is 0.621. The summed E-state index contributed by atoms with van der Waals surface area (Å²) in [5.41, 5.74) is 1.84. The third kappa shape index (κ3) is 4.23. The standard InChI is InChI=1S/C23H24ClFN4O2/c1-26(2)22(30)15-29-14-18(17-8-7-16(24)13-21(17)29)23(31)28-11-9-27(10-12-28)20-6-4-3-5-19(20)25/h3-8,13-14H,9-12,15H2,1-2H3. The van der Waals surface area contributed by atoms with Crippen LogP contribution in [-0.2, 0) is 11.3 Å². The summed E-state index contributed by atoms with van der Waals surface area (Å²) < 4.78 is 15.9. The molecule has 0 radical (unpaired) electrons. The van der Waals surface area contributed by atoms with Gasteiger partial charge in [-0.15, -0.1) is 0 Å². The minimum atomic E-state index is -0.257. The predicted molar refractivity (Wildman–Crippen MR) is 120 cm³/mol. The van der Waals surface area contributed by atoms with Crippen molar-refractivity contribution in [3.05, 3.63) is 65.1 Å². The van der Waals surface area contributed by atoms with Gasteiger partial charge in [0.1, 0.15) is 12.4 Å². The van der Waals surface area contributed by atoms with Crippen molar-refractivity contribution in [2.45, 2.75) is 6.54 Å². The monoisotopic (exact) mass is 442 g/mol. The topological polar surface area (TPSA) is 48.8 Å². The van der Waals surface area contributed by atoms with Crippen LogP contribution in [0.1, 0.15) is 10.4 Å². The molecule has 1 aliphatic rings. The Labute approximate surface area is 185 Å². The van der Waals surface area contributed by atoms with Crippen LogP contribution in [-0.4, -0.2) is 66.5 Å². The maximum Gasteiger partial charge on any atom is 0.256 e. The third-order valence-corrected chi connectivity index (χ3v) is 5.87. The summed E-state index contributed by atoms with van der Waals surface area (Å²) in [6.45, 7) is 2.21. The average molecular weight is 443 g/mol. The normalized spacial score (nSPS) is 14.2. The van der Waals surface area contributed by atoms with Crippen molar-refractivity contribution in [3.63, 3.8) is 0 Å². The van der Waals surface area contributed by atoms with E-state index in [1.807, 2.05) is 17.0 Å². The van der Waals surface area contributed by atoms with Gasteiger partial charge in [0.25, 0.3) is 5.91 Å². The Balaban J connectivity index is 1.57. The number of fused-ring (bicyclic) bond motifs is 1. The Hall–Kier alpha value is -3.06. The Morgan fingerprint density at radius 1 is 1.06 bits per heavy atom. The van der Waals surface area contributed by atoms with E-state index in [-0.39, 0.29) is 24.2 Å². The van der Waals surface area contributed by atoms with E-state index in [2.05, 4.69) is 0 Å². The number of piperazine rings is 1. The van der Waals surface area contributed by atoms with Gasteiger partial charge in [0.2, 0.25) is 5.91 Å². The number of likely N-dealkylation sites (N-methyl/N-ethyl adjacent to an activating group) is 1. The number of benzene rings is 2. The number of rotatable bonds is 4. The zero-order valence-electron chi connectivity index (χ0n) is 17.5. The molecule has 0 spiro atoms. The van der Waals surface area contributed by atoms with Crippen LogP contribution in [0.4, 0.5) is 10.1 Å². The van der Waals surface area contributed by atoms with Gasteiger partial charge >= 0.3 is 0 Å². The second-order valence-electron chi connectivity index (χ2n) is 7.85. The number of aromatic nitrogens is 1. The first-order chi connectivity index (χ1) is 14.8. The van der Waals surface area contributed by atoms with Gasteiger partial charge in [-0.25, -0.2) is 4.39 Å². The lowest BCUT2D eigenvalue weighted by Crippen LogP contribution is -2.49. The predicted octanol–water partition coefficient (Wildman–Crippen LogP) is 3.48. The van der Waals surface area contributed by atoms with E-state index >= 15 is 0 Å². The molecule has 2 aromatic carbocycles. The number of anilines is 1. The first-order valence-corrected chi connectivity index (χ1v) is 10.5. The molecular weight excluding hydrogens is 419 g/mol. The van der Waals surface area contributed by atoms with Gasteiger partial charge in [0, 0.05) is 56.9 Å². The summed E-state index contributed by atoms with van der Waals surface area (Å²) in [6.07, 6.45) is 1.73. The minimum Gasteiger partial charge on any atom is -0.366 e. The number of hydrogen-bond acceptors (Lipinski definition) is 3. The number of carbonyl (C=O) groups excluding carboxylic acids is 2. The largest absolute Gasteiger partial charge is 0.366 e. The highest BCUT2D eigenvalue weighted by molar-refractivity contribution is 6.31. The second-order valence-corrected chi connectivity index (χ2v) is 8.29. The van der Waals surface area contributed by atoms with Crippen molar-refractivity contribution in [1.82, 2.24) is 14.4 Å². The van der Waals surface area contributed by atoms with Crippen molar-refractivity contribution in [2.75, 3.05) is 45.2 Å². The van der Waals surface area contributed by atoms with Crippen LogP contribution < -0.4 is 4.90 Å². The summed E-state index contributed by atoms with van der Waals surface area (Å²) in [7, 11) is 3.39. The Morgan fingerprint density at radius 3 is 2.45 bits per heavy atom. The molecule has 1 aliphatic heterocycles. The zero-order chi connectivity index (χ0) is 22.1. The fourth-order valence-corrected chi connectivity index (χ4v) is 4.05.